The van der Waals surface area contributed by atoms with Crippen molar-refractivity contribution in [2.45, 2.75) is 13.8 Å². The van der Waals surface area contributed by atoms with Crippen LogP contribution < -0.4 is 0 Å². The highest BCUT2D eigenvalue weighted by Gasteiger charge is 2.18. The second kappa shape index (κ2) is 9.73. The Kier molecular flexibility index (Phi) is 5.66. The standard InChI is InChI=1S/C40H26N4/c1-25-12-17-32-30-8-4-6-10-37(30)43(39(32)20-25)28-15-14-27(24-41)34(22-28)35-23-29(16-19-36(35)42-3)44-38-11-7-5-9-31(38)33-18-13-26(2)21-40(33)44/h4-23H,1-2H3. The van der Waals surface area contributed by atoms with E-state index < -0.39 is 0 Å². The van der Waals surface area contributed by atoms with Crippen molar-refractivity contribution in [2.75, 3.05) is 0 Å². The van der Waals surface area contributed by atoms with Gasteiger partial charge in [0.2, 0.25) is 0 Å². The normalized spacial score (nSPS) is 11.4. The Bertz CT molecular complexity index is 2370. The van der Waals surface area contributed by atoms with Crippen LogP contribution in [0.4, 0.5) is 5.69 Å². The number of fused-ring (bicyclic) bond motifs is 6. The molecule has 0 N–H and O–H groups in total. The lowest BCUT2D eigenvalue weighted by Gasteiger charge is -2.15. The number of nitrogens with zero attached hydrogens (tertiary/aromatic N) is 4. The van der Waals surface area contributed by atoms with Gasteiger partial charge in [-0.3, -0.25) is 0 Å². The molecule has 8 rings (SSSR count). The van der Waals surface area contributed by atoms with Gasteiger partial charge in [0.05, 0.1) is 40.3 Å². The minimum absolute atomic E-state index is 0.511. The van der Waals surface area contributed by atoms with Crippen LogP contribution in [0.2, 0.25) is 0 Å². The van der Waals surface area contributed by atoms with Gasteiger partial charge in [-0.2, -0.15) is 5.26 Å². The van der Waals surface area contributed by atoms with Crippen molar-refractivity contribution in [2.24, 2.45) is 0 Å². The summed E-state index contributed by atoms with van der Waals surface area (Å²) in [6.45, 7) is 12.3. The summed E-state index contributed by atoms with van der Waals surface area (Å²) < 4.78 is 4.53. The molecule has 44 heavy (non-hydrogen) atoms. The van der Waals surface area contributed by atoms with Gasteiger partial charge in [0, 0.05) is 32.9 Å². The van der Waals surface area contributed by atoms with E-state index in [0.717, 1.165) is 44.6 Å². The predicted molar refractivity (Wildman–Crippen MR) is 181 cm³/mol. The molecule has 0 fully saturated rings. The molecule has 2 aromatic heterocycles. The van der Waals surface area contributed by atoms with Gasteiger partial charge >= 0.3 is 0 Å². The summed E-state index contributed by atoms with van der Waals surface area (Å²) in [6.07, 6.45) is 0. The first-order chi connectivity index (χ1) is 21.6. The Morgan fingerprint density at radius 3 is 1.59 bits per heavy atom. The van der Waals surface area contributed by atoms with Crippen molar-refractivity contribution in [1.29, 1.82) is 5.26 Å². The maximum absolute atomic E-state index is 10.3. The van der Waals surface area contributed by atoms with E-state index in [1.807, 2.05) is 24.3 Å². The third kappa shape index (κ3) is 3.76. The molecule has 4 nitrogen and oxygen atoms in total. The monoisotopic (exact) mass is 562 g/mol. The Balaban J connectivity index is 1.41. The average Bonchev–Trinajstić information content (AvgIpc) is 3.56. The fraction of sp³-hybridized carbons (Fsp3) is 0.0500. The van der Waals surface area contributed by atoms with Gasteiger partial charge in [0.1, 0.15) is 0 Å². The summed E-state index contributed by atoms with van der Waals surface area (Å²) in [6, 6.07) is 44.2. The smallest absolute Gasteiger partial charge is 0.195 e. The van der Waals surface area contributed by atoms with Gasteiger partial charge in [-0.25, -0.2) is 4.85 Å². The highest BCUT2D eigenvalue weighted by molar-refractivity contribution is 6.10. The van der Waals surface area contributed by atoms with Gasteiger partial charge in [-0.1, -0.05) is 66.7 Å². The summed E-state index contributed by atoms with van der Waals surface area (Å²) in [5.74, 6) is 0. The number of benzene rings is 6. The molecular weight excluding hydrogens is 536 g/mol. The number of aryl methyl sites for hydroxylation is 2. The van der Waals surface area contributed by atoms with Gasteiger partial charge in [0.15, 0.2) is 5.69 Å². The third-order valence-corrected chi connectivity index (χ3v) is 8.69. The van der Waals surface area contributed by atoms with E-state index in [2.05, 4.69) is 131 Å². The number of para-hydroxylation sites is 2. The van der Waals surface area contributed by atoms with Gasteiger partial charge in [0.25, 0.3) is 0 Å². The molecule has 8 aromatic rings. The first-order valence-electron chi connectivity index (χ1n) is 14.6. The third-order valence-electron chi connectivity index (χ3n) is 8.69. The van der Waals surface area contributed by atoms with Crippen molar-refractivity contribution in [3.05, 3.63) is 149 Å². The lowest BCUT2D eigenvalue weighted by atomic mass is 9.97. The first kappa shape index (κ1) is 25.6. The van der Waals surface area contributed by atoms with E-state index in [9.17, 15) is 5.26 Å². The topological polar surface area (TPSA) is 38.0 Å². The van der Waals surface area contributed by atoms with E-state index >= 15 is 0 Å². The predicted octanol–water partition coefficient (Wildman–Crippen LogP) is 10.6. The fourth-order valence-corrected chi connectivity index (χ4v) is 6.69. The molecule has 0 saturated heterocycles. The molecule has 0 unspecified atom stereocenters. The zero-order valence-corrected chi connectivity index (χ0v) is 24.3. The van der Waals surface area contributed by atoms with E-state index in [0.29, 0.717) is 11.3 Å². The minimum atomic E-state index is 0.511. The van der Waals surface area contributed by atoms with E-state index in [1.165, 1.54) is 32.7 Å². The van der Waals surface area contributed by atoms with Crippen LogP contribution in [-0.2, 0) is 0 Å². The molecule has 0 aliphatic carbocycles. The molecule has 2 heterocycles. The SMILES string of the molecule is [C-]#[N+]c1ccc(-n2c3ccccc3c3ccc(C)cc32)cc1-c1cc(-n2c3ccccc3c3ccc(C)cc32)ccc1C#N. The number of hydrogen-bond donors (Lipinski definition) is 0. The molecule has 0 amide bonds. The summed E-state index contributed by atoms with van der Waals surface area (Å²) in [7, 11) is 0. The average molecular weight is 563 g/mol. The zero-order chi connectivity index (χ0) is 29.9. The van der Waals surface area contributed by atoms with Crippen molar-refractivity contribution < 1.29 is 0 Å². The number of nitriles is 1. The van der Waals surface area contributed by atoms with Crippen molar-refractivity contribution in [1.82, 2.24) is 9.13 Å². The second-order valence-electron chi connectivity index (χ2n) is 11.4. The fourth-order valence-electron chi connectivity index (χ4n) is 6.69. The first-order valence-corrected chi connectivity index (χ1v) is 14.6. The van der Waals surface area contributed by atoms with E-state index in [1.54, 1.807) is 0 Å². The summed E-state index contributed by atoms with van der Waals surface area (Å²) in [5, 5.41) is 15.0. The van der Waals surface area contributed by atoms with Crippen LogP contribution in [0.3, 0.4) is 0 Å². The number of hydrogen-bond acceptors (Lipinski definition) is 1. The Hall–Kier alpha value is -6.10. The van der Waals surface area contributed by atoms with E-state index in [4.69, 9.17) is 6.57 Å². The highest BCUT2D eigenvalue weighted by Crippen LogP contribution is 2.40. The Morgan fingerprint density at radius 2 is 1.05 bits per heavy atom. The molecule has 0 atom stereocenters. The number of aromatic nitrogens is 2. The minimum Gasteiger partial charge on any atom is -0.309 e. The second-order valence-corrected chi connectivity index (χ2v) is 11.4. The lowest BCUT2D eigenvalue weighted by molar-refractivity contribution is 1.17. The van der Waals surface area contributed by atoms with Crippen molar-refractivity contribution >= 4 is 49.3 Å². The molecular formula is C40H26N4. The highest BCUT2D eigenvalue weighted by atomic mass is 15.0. The van der Waals surface area contributed by atoms with Gasteiger partial charge in [-0.05, 0) is 90.7 Å². The molecule has 0 saturated carbocycles. The van der Waals surface area contributed by atoms with Gasteiger partial charge < -0.3 is 9.13 Å². The van der Waals surface area contributed by atoms with Crippen molar-refractivity contribution in [3.8, 4) is 28.6 Å². The van der Waals surface area contributed by atoms with Crippen LogP contribution >= 0.6 is 0 Å². The van der Waals surface area contributed by atoms with Crippen LogP contribution in [0.1, 0.15) is 16.7 Å². The van der Waals surface area contributed by atoms with Crippen LogP contribution in [-0.4, -0.2) is 9.13 Å². The van der Waals surface area contributed by atoms with Crippen LogP contribution in [0.5, 0.6) is 0 Å². The molecule has 0 bridgehead atoms. The maximum Gasteiger partial charge on any atom is 0.195 e. The zero-order valence-electron chi connectivity index (χ0n) is 24.3. The molecule has 0 spiro atoms. The number of rotatable bonds is 3. The molecule has 0 radical (unpaired) electrons. The summed E-state index contributed by atoms with van der Waals surface area (Å²) in [5.41, 5.74) is 11.2. The Morgan fingerprint density at radius 1 is 0.545 bits per heavy atom. The van der Waals surface area contributed by atoms with Crippen molar-refractivity contribution in [3.63, 3.8) is 0 Å². The van der Waals surface area contributed by atoms with Crippen LogP contribution in [0.15, 0.2) is 121 Å². The molecule has 0 aliphatic heterocycles. The molecule has 0 aliphatic rings. The summed E-state index contributed by atoms with van der Waals surface area (Å²) in [4.78, 5) is 3.91. The molecule has 6 aromatic carbocycles. The quantitative estimate of drug-likeness (QED) is 0.197. The lowest BCUT2D eigenvalue weighted by Crippen LogP contribution is -1.98. The maximum atomic E-state index is 10.3. The summed E-state index contributed by atoms with van der Waals surface area (Å²) >= 11 is 0. The molecule has 206 valence electrons. The van der Waals surface area contributed by atoms with E-state index in [-0.39, 0.29) is 0 Å². The largest absolute Gasteiger partial charge is 0.309 e. The Labute approximate surface area is 255 Å². The van der Waals surface area contributed by atoms with Crippen LogP contribution in [0.25, 0.3) is 71.0 Å². The van der Waals surface area contributed by atoms with Crippen LogP contribution in [0, 0.1) is 31.8 Å². The van der Waals surface area contributed by atoms with Gasteiger partial charge in [-0.15, -0.1) is 0 Å². The molecule has 4 heteroatoms.